The van der Waals surface area contributed by atoms with Gasteiger partial charge in [0.05, 0.1) is 13.2 Å². The van der Waals surface area contributed by atoms with Gasteiger partial charge in [-0.3, -0.25) is 0 Å². The Hall–Kier alpha value is -2.87. The smallest absolute Gasteiger partial charge is 0.339 e. The van der Waals surface area contributed by atoms with Crippen LogP contribution in [0.1, 0.15) is 17.2 Å². The van der Waals surface area contributed by atoms with E-state index in [2.05, 4.69) is 5.32 Å². The van der Waals surface area contributed by atoms with Gasteiger partial charge in [0.25, 0.3) is 0 Å². The van der Waals surface area contributed by atoms with Gasteiger partial charge in [0.2, 0.25) is 0 Å². The molecule has 29 heavy (non-hydrogen) atoms. The number of hydrogen-bond donors (Lipinski definition) is 2. The maximum Gasteiger partial charge on any atom is 0.339 e. The van der Waals surface area contributed by atoms with Gasteiger partial charge < -0.3 is 19.3 Å². The fourth-order valence-electron chi connectivity index (χ4n) is 2.72. The summed E-state index contributed by atoms with van der Waals surface area (Å²) in [6.07, 6.45) is -0.729. The first-order valence-electron chi connectivity index (χ1n) is 9.09. The summed E-state index contributed by atoms with van der Waals surface area (Å²) in [5.41, 5.74) is 1.74. The van der Waals surface area contributed by atoms with Crippen molar-refractivity contribution in [3.05, 3.63) is 90.0 Å². The van der Waals surface area contributed by atoms with E-state index in [0.29, 0.717) is 18.7 Å². The summed E-state index contributed by atoms with van der Waals surface area (Å²) in [5.74, 6) is 0.987. The second-order valence-corrected chi connectivity index (χ2v) is 7.96. The highest BCUT2D eigenvalue weighted by Gasteiger charge is 2.16. The summed E-state index contributed by atoms with van der Waals surface area (Å²) in [6, 6.07) is 22.0. The van der Waals surface area contributed by atoms with Crippen LogP contribution in [0.3, 0.4) is 0 Å². The zero-order valence-electron chi connectivity index (χ0n) is 16.0. The van der Waals surface area contributed by atoms with E-state index in [1.165, 1.54) is 24.3 Å². The zero-order chi connectivity index (χ0) is 20.7. The van der Waals surface area contributed by atoms with E-state index in [1.54, 1.807) is 37.4 Å². The lowest BCUT2D eigenvalue weighted by Crippen LogP contribution is -2.21. The number of aliphatic hydroxyl groups excluding tert-OH is 1. The van der Waals surface area contributed by atoms with Gasteiger partial charge in [-0.2, -0.15) is 8.42 Å². The predicted octanol–water partition coefficient (Wildman–Crippen LogP) is 3.29. The highest BCUT2D eigenvalue weighted by molar-refractivity contribution is 7.87. The molecule has 0 heterocycles. The molecule has 0 saturated heterocycles. The van der Waals surface area contributed by atoms with Crippen molar-refractivity contribution in [3.63, 3.8) is 0 Å². The van der Waals surface area contributed by atoms with E-state index in [4.69, 9.17) is 8.92 Å². The third-order valence-electron chi connectivity index (χ3n) is 4.33. The summed E-state index contributed by atoms with van der Waals surface area (Å²) in [5, 5.41) is 13.5. The predicted molar refractivity (Wildman–Crippen MR) is 110 cm³/mol. The van der Waals surface area contributed by atoms with Gasteiger partial charge in [-0.05, 0) is 47.5 Å². The SMILES string of the molecule is COc1ccc(CNC[C@@H](O)c2ccc(OS(=O)(=O)c3ccccc3)cc2)cc1. The van der Waals surface area contributed by atoms with Crippen molar-refractivity contribution in [1.82, 2.24) is 5.32 Å². The van der Waals surface area contributed by atoms with Crippen molar-refractivity contribution in [3.8, 4) is 11.5 Å². The van der Waals surface area contributed by atoms with E-state index in [9.17, 15) is 13.5 Å². The molecule has 0 unspecified atom stereocenters. The van der Waals surface area contributed by atoms with Crippen LogP contribution >= 0.6 is 0 Å². The van der Waals surface area contributed by atoms with Gasteiger partial charge in [-0.1, -0.05) is 42.5 Å². The van der Waals surface area contributed by atoms with Crippen LogP contribution < -0.4 is 14.2 Å². The van der Waals surface area contributed by atoms with Crippen LogP contribution in [0, 0.1) is 0 Å². The summed E-state index contributed by atoms with van der Waals surface area (Å²) in [7, 11) is -2.26. The lowest BCUT2D eigenvalue weighted by Gasteiger charge is -2.13. The van der Waals surface area contributed by atoms with Crippen LogP contribution in [-0.4, -0.2) is 27.2 Å². The number of ether oxygens (including phenoxy) is 1. The first-order chi connectivity index (χ1) is 14.0. The number of aliphatic hydroxyl groups is 1. The van der Waals surface area contributed by atoms with Crippen molar-refractivity contribution in [2.24, 2.45) is 0 Å². The molecule has 0 radical (unpaired) electrons. The van der Waals surface area contributed by atoms with Crippen LogP contribution in [-0.2, 0) is 16.7 Å². The average Bonchev–Trinajstić information content (AvgIpc) is 2.75. The summed E-state index contributed by atoms with van der Waals surface area (Å²) >= 11 is 0. The van der Waals surface area contributed by atoms with E-state index in [0.717, 1.165) is 11.3 Å². The third-order valence-corrected chi connectivity index (χ3v) is 5.59. The molecule has 3 aromatic carbocycles. The zero-order valence-corrected chi connectivity index (χ0v) is 16.8. The van der Waals surface area contributed by atoms with E-state index >= 15 is 0 Å². The molecule has 0 aliphatic carbocycles. The summed E-state index contributed by atoms with van der Waals surface area (Å²) < 4.78 is 34.8. The minimum atomic E-state index is -3.88. The van der Waals surface area contributed by atoms with Crippen LogP contribution in [0.15, 0.2) is 83.8 Å². The second kappa shape index (κ2) is 9.56. The number of nitrogens with one attached hydrogen (secondary N) is 1. The molecule has 2 N–H and O–H groups in total. The quantitative estimate of drug-likeness (QED) is 0.524. The lowest BCUT2D eigenvalue weighted by molar-refractivity contribution is 0.174. The normalized spacial score (nSPS) is 12.3. The van der Waals surface area contributed by atoms with Gasteiger partial charge in [0, 0.05) is 13.1 Å². The van der Waals surface area contributed by atoms with Gasteiger partial charge in [-0.15, -0.1) is 0 Å². The Bertz CT molecular complexity index is 1000. The molecule has 0 aliphatic rings. The monoisotopic (exact) mass is 413 g/mol. The van der Waals surface area contributed by atoms with Crippen LogP contribution in [0.5, 0.6) is 11.5 Å². The van der Waals surface area contributed by atoms with Crippen molar-refractivity contribution >= 4 is 10.1 Å². The maximum atomic E-state index is 12.2. The fourth-order valence-corrected chi connectivity index (χ4v) is 3.67. The Labute approximate surface area is 170 Å². The molecule has 0 spiro atoms. The molecular weight excluding hydrogens is 390 g/mol. The highest BCUT2D eigenvalue weighted by atomic mass is 32.2. The molecule has 0 fully saturated rings. The van der Waals surface area contributed by atoms with Crippen molar-refractivity contribution in [2.45, 2.75) is 17.5 Å². The van der Waals surface area contributed by atoms with Crippen LogP contribution in [0.2, 0.25) is 0 Å². The minimum absolute atomic E-state index is 0.0897. The summed E-state index contributed by atoms with van der Waals surface area (Å²) in [6.45, 7) is 0.964. The number of hydrogen-bond acceptors (Lipinski definition) is 6. The molecule has 0 aliphatic heterocycles. The molecule has 0 amide bonds. The topological polar surface area (TPSA) is 84.9 Å². The Kier molecular flexibility index (Phi) is 6.87. The van der Waals surface area contributed by atoms with Crippen molar-refractivity contribution in [2.75, 3.05) is 13.7 Å². The molecule has 7 heteroatoms. The minimum Gasteiger partial charge on any atom is -0.497 e. The van der Waals surface area contributed by atoms with Crippen LogP contribution in [0.25, 0.3) is 0 Å². The molecule has 0 aromatic heterocycles. The molecule has 0 saturated carbocycles. The molecule has 152 valence electrons. The number of benzene rings is 3. The average molecular weight is 413 g/mol. The Morgan fingerprint density at radius 2 is 1.52 bits per heavy atom. The number of rotatable bonds is 9. The first kappa shape index (κ1) is 20.9. The van der Waals surface area contributed by atoms with E-state index in [1.807, 2.05) is 24.3 Å². The van der Waals surface area contributed by atoms with Gasteiger partial charge in [0.1, 0.15) is 16.4 Å². The molecular formula is C22H23NO5S. The molecule has 6 nitrogen and oxygen atoms in total. The highest BCUT2D eigenvalue weighted by Crippen LogP contribution is 2.21. The van der Waals surface area contributed by atoms with E-state index in [-0.39, 0.29) is 10.6 Å². The fraction of sp³-hybridized carbons (Fsp3) is 0.182. The van der Waals surface area contributed by atoms with Gasteiger partial charge in [-0.25, -0.2) is 0 Å². The maximum absolute atomic E-state index is 12.2. The van der Waals surface area contributed by atoms with E-state index < -0.39 is 16.2 Å². The van der Waals surface area contributed by atoms with Gasteiger partial charge in [0.15, 0.2) is 0 Å². The van der Waals surface area contributed by atoms with Crippen molar-refractivity contribution < 1.29 is 22.4 Å². The molecule has 1 atom stereocenters. The Morgan fingerprint density at radius 1 is 0.897 bits per heavy atom. The largest absolute Gasteiger partial charge is 0.497 e. The lowest BCUT2D eigenvalue weighted by atomic mass is 10.1. The third kappa shape index (κ3) is 5.80. The number of methoxy groups -OCH3 is 1. The Morgan fingerprint density at radius 3 is 2.14 bits per heavy atom. The molecule has 3 rings (SSSR count). The van der Waals surface area contributed by atoms with Crippen molar-refractivity contribution in [1.29, 1.82) is 0 Å². The van der Waals surface area contributed by atoms with Gasteiger partial charge >= 0.3 is 10.1 Å². The first-order valence-corrected chi connectivity index (χ1v) is 10.5. The standard InChI is InChI=1S/C22H23NO5S/c1-27-19-11-7-17(8-12-19)15-23-16-22(24)18-9-13-20(14-10-18)28-29(25,26)21-5-3-2-4-6-21/h2-14,22-24H,15-16H2,1H3/t22-/m1/s1. The molecule has 3 aromatic rings. The Balaban J connectivity index is 1.53. The summed E-state index contributed by atoms with van der Waals surface area (Å²) in [4.78, 5) is 0.0897. The second-order valence-electron chi connectivity index (χ2n) is 6.41. The molecule has 0 bridgehead atoms. The van der Waals surface area contributed by atoms with Crippen LogP contribution in [0.4, 0.5) is 0 Å².